The molecule has 2 heterocycles. The maximum absolute atomic E-state index is 13.3. The van der Waals surface area contributed by atoms with Crippen molar-refractivity contribution < 1.29 is 8.91 Å². The van der Waals surface area contributed by atoms with Crippen LogP contribution in [0.4, 0.5) is 10.2 Å². The lowest BCUT2D eigenvalue weighted by atomic mass is 10.0. The van der Waals surface area contributed by atoms with Gasteiger partial charge < -0.3 is 9.42 Å². The summed E-state index contributed by atoms with van der Waals surface area (Å²) >= 11 is 0. The average Bonchev–Trinajstić information content (AvgIpc) is 3.27. The lowest BCUT2D eigenvalue weighted by molar-refractivity contribution is 0.240. The summed E-state index contributed by atoms with van der Waals surface area (Å²) in [5, 5.41) is 5.08. The van der Waals surface area contributed by atoms with Gasteiger partial charge in [0.05, 0.1) is 5.39 Å². The number of fused-ring (bicyclic) bond motifs is 2. The van der Waals surface area contributed by atoms with Gasteiger partial charge in [0.25, 0.3) is 0 Å². The molecule has 0 spiro atoms. The highest BCUT2D eigenvalue weighted by atomic mass is 19.1. The predicted molar refractivity (Wildman–Crippen MR) is 100 cm³/mol. The number of aromatic nitrogens is 1. The summed E-state index contributed by atoms with van der Waals surface area (Å²) in [4.78, 5) is 4.81. The minimum absolute atomic E-state index is 0.290. The summed E-state index contributed by atoms with van der Waals surface area (Å²) in [5.74, 6) is 1.21. The zero-order valence-corrected chi connectivity index (χ0v) is 14.7. The van der Waals surface area contributed by atoms with Crippen LogP contribution in [0.15, 0.2) is 47.0 Å². The van der Waals surface area contributed by atoms with E-state index in [4.69, 9.17) is 4.52 Å². The van der Waals surface area contributed by atoms with Crippen molar-refractivity contribution in [3.8, 4) is 0 Å². The highest BCUT2D eigenvalue weighted by Gasteiger charge is 2.27. The fourth-order valence-electron chi connectivity index (χ4n) is 4.42. The largest absolute Gasteiger partial charge is 0.354 e. The van der Waals surface area contributed by atoms with Gasteiger partial charge in [-0.15, -0.1) is 0 Å². The van der Waals surface area contributed by atoms with Gasteiger partial charge >= 0.3 is 0 Å². The molecule has 5 heteroatoms. The lowest BCUT2D eigenvalue weighted by Crippen LogP contribution is -2.47. The van der Waals surface area contributed by atoms with Crippen LogP contribution in [0.2, 0.25) is 0 Å². The van der Waals surface area contributed by atoms with Crippen LogP contribution in [0, 0.1) is 5.82 Å². The Bertz CT molecular complexity index is 930. The number of halogens is 1. The molecule has 1 atom stereocenters. The number of rotatable bonds is 3. The maximum atomic E-state index is 13.3. The summed E-state index contributed by atoms with van der Waals surface area (Å²) < 4.78 is 18.6. The van der Waals surface area contributed by atoms with Crippen LogP contribution in [-0.2, 0) is 6.42 Å². The number of benzene rings is 2. The van der Waals surface area contributed by atoms with Crippen molar-refractivity contribution in [3.05, 3.63) is 59.4 Å². The molecule has 0 amide bonds. The standard InChI is InChI=1S/C21H22FN3O/c22-17-7-8-19-20(13-17)26-23-21(19)25-11-9-24(10-12-25)14-16-6-5-15-3-1-2-4-18(15)16/h1-4,7-8,13,16H,5-6,9-12,14H2. The molecule has 0 radical (unpaired) electrons. The third-order valence-corrected chi connectivity index (χ3v) is 5.82. The number of piperazine rings is 1. The fourth-order valence-corrected chi connectivity index (χ4v) is 4.42. The van der Waals surface area contributed by atoms with E-state index in [0.717, 1.165) is 43.9 Å². The Labute approximate surface area is 152 Å². The zero-order valence-electron chi connectivity index (χ0n) is 14.7. The minimum Gasteiger partial charge on any atom is -0.354 e. The van der Waals surface area contributed by atoms with Gasteiger partial charge in [-0.1, -0.05) is 29.4 Å². The number of hydrogen-bond donors (Lipinski definition) is 0. The molecule has 134 valence electrons. The molecule has 1 aromatic heterocycles. The maximum Gasteiger partial charge on any atom is 0.180 e. The van der Waals surface area contributed by atoms with Gasteiger partial charge in [0.2, 0.25) is 0 Å². The SMILES string of the molecule is Fc1ccc2c(N3CCN(CC4CCc5ccccc54)CC3)noc2c1. The van der Waals surface area contributed by atoms with Crippen molar-refractivity contribution in [1.29, 1.82) is 0 Å². The van der Waals surface area contributed by atoms with Crippen LogP contribution in [0.1, 0.15) is 23.5 Å². The van der Waals surface area contributed by atoms with Crippen LogP contribution in [0.3, 0.4) is 0 Å². The molecule has 1 unspecified atom stereocenters. The predicted octanol–water partition coefficient (Wildman–Crippen LogP) is 3.82. The number of nitrogens with zero attached hydrogens (tertiary/aromatic N) is 3. The Hall–Kier alpha value is -2.40. The molecule has 4 nitrogen and oxygen atoms in total. The van der Waals surface area contributed by atoms with E-state index in [0.29, 0.717) is 11.5 Å². The molecule has 26 heavy (non-hydrogen) atoms. The molecule has 0 N–H and O–H groups in total. The molecule has 5 rings (SSSR count). The summed E-state index contributed by atoms with van der Waals surface area (Å²) in [6, 6.07) is 13.5. The monoisotopic (exact) mass is 351 g/mol. The fraction of sp³-hybridized carbons (Fsp3) is 0.381. The molecule has 0 saturated carbocycles. The third kappa shape index (κ3) is 2.76. The van der Waals surface area contributed by atoms with Gasteiger partial charge in [0, 0.05) is 38.8 Å². The molecule has 1 fully saturated rings. The van der Waals surface area contributed by atoms with E-state index in [1.54, 1.807) is 11.6 Å². The summed E-state index contributed by atoms with van der Waals surface area (Å²) in [5.41, 5.74) is 3.59. The molecule has 3 aromatic rings. The van der Waals surface area contributed by atoms with Crippen LogP contribution in [0.25, 0.3) is 11.0 Å². The van der Waals surface area contributed by atoms with E-state index in [-0.39, 0.29) is 5.82 Å². The first-order valence-electron chi connectivity index (χ1n) is 9.38. The van der Waals surface area contributed by atoms with Crippen molar-refractivity contribution in [2.24, 2.45) is 0 Å². The van der Waals surface area contributed by atoms with Crippen LogP contribution in [-0.4, -0.2) is 42.8 Å². The first-order valence-corrected chi connectivity index (χ1v) is 9.38. The van der Waals surface area contributed by atoms with Crippen LogP contribution >= 0.6 is 0 Å². The van der Waals surface area contributed by atoms with Crippen molar-refractivity contribution >= 4 is 16.8 Å². The first-order chi connectivity index (χ1) is 12.8. The molecule has 0 bridgehead atoms. The third-order valence-electron chi connectivity index (χ3n) is 5.82. The quantitative estimate of drug-likeness (QED) is 0.718. The van der Waals surface area contributed by atoms with Crippen molar-refractivity contribution in [2.45, 2.75) is 18.8 Å². The first kappa shape index (κ1) is 15.8. The molecule has 1 aliphatic heterocycles. The van der Waals surface area contributed by atoms with Gasteiger partial charge in [0.1, 0.15) is 5.82 Å². The van der Waals surface area contributed by atoms with Gasteiger partial charge in [-0.2, -0.15) is 0 Å². The highest BCUT2D eigenvalue weighted by Crippen LogP contribution is 2.34. The Morgan fingerprint density at radius 2 is 1.92 bits per heavy atom. The molecule has 1 aliphatic carbocycles. The Morgan fingerprint density at radius 1 is 1.08 bits per heavy atom. The molecule has 2 aromatic carbocycles. The Kier molecular flexibility index (Phi) is 3.89. The molecule has 2 aliphatic rings. The smallest absolute Gasteiger partial charge is 0.180 e. The van der Waals surface area contributed by atoms with E-state index < -0.39 is 0 Å². The number of anilines is 1. The van der Waals surface area contributed by atoms with Crippen LogP contribution in [0.5, 0.6) is 0 Å². The van der Waals surface area contributed by atoms with E-state index in [2.05, 4.69) is 39.2 Å². The van der Waals surface area contributed by atoms with Crippen molar-refractivity contribution in [1.82, 2.24) is 10.1 Å². The normalized spacial score (nSPS) is 20.7. The van der Waals surface area contributed by atoms with E-state index >= 15 is 0 Å². The van der Waals surface area contributed by atoms with E-state index in [1.165, 1.54) is 30.5 Å². The van der Waals surface area contributed by atoms with Gasteiger partial charge in [-0.05, 0) is 42.0 Å². The minimum atomic E-state index is -0.290. The average molecular weight is 351 g/mol. The van der Waals surface area contributed by atoms with Gasteiger partial charge in [0.15, 0.2) is 11.4 Å². The topological polar surface area (TPSA) is 32.5 Å². The number of aryl methyl sites for hydroxylation is 1. The second-order valence-electron chi connectivity index (χ2n) is 7.37. The van der Waals surface area contributed by atoms with Gasteiger partial charge in [-0.25, -0.2) is 4.39 Å². The molecule has 1 saturated heterocycles. The molecular weight excluding hydrogens is 329 g/mol. The van der Waals surface area contributed by atoms with Gasteiger partial charge in [-0.3, -0.25) is 4.90 Å². The summed E-state index contributed by atoms with van der Waals surface area (Å²) in [6.45, 7) is 5.03. The Balaban J connectivity index is 1.25. The number of hydrogen-bond acceptors (Lipinski definition) is 4. The van der Waals surface area contributed by atoms with Crippen molar-refractivity contribution in [2.75, 3.05) is 37.6 Å². The second kappa shape index (κ2) is 6.40. The van der Waals surface area contributed by atoms with Crippen LogP contribution < -0.4 is 4.90 Å². The Morgan fingerprint density at radius 3 is 2.81 bits per heavy atom. The summed E-state index contributed by atoms with van der Waals surface area (Å²) in [6.07, 6.45) is 2.47. The highest BCUT2D eigenvalue weighted by molar-refractivity contribution is 5.88. The molecular formula is C21H22FN3O. The second-order valence-corrected chi connectivity index (χ2v) is 7.37. The van der Waals surface area contributed by atoms with Crippen molar-refractivity contribution in [3.63, 3.8) is 0 Å². The lowest BCUT2D eigenvalue weighted by Gasteiger charge is -2.36. The zero-order chi connectivity index (χ0) is 17.5. The van der Waals surface area contributed by atoms with E-state index in [9.17, 15) is 4.39 Å². The summed E-state index contributed by atoms with van der Waals surface area (Å²) in [7, 11) is 0. The van der Waals surface area contributed by atoms with E-state index in [1.807, 2.05) is 0 Å².